The second-order valence-corrected chi connectivity index (χ2v) is 6.55. The zero-order valence-corrected chi connectivity index (χ0v) is 14.6. The fourth-order valence-electron chi connectivity index (χ4n) is 3.16. The molecule has 1 fully saturated rings. The molecule has 0 radical (unpaired) electrons. The molecule has 4 nitrogen and oxygen atoms in total. The van der Waals surface area contributed by atoms with Gasteiger partial charge in [0, 0.05) is 19.6 Å². The average molecular weight is 376 g/mol. The maximum atomic E-state index is 13.4. The lowest BCUT2D eigenvalue weighted by molar-refractivity contribution is -0.145. The number of benzene rings is 2. The van der Waals surface area contributed by atoms with Crippen LogP contribution in [-0.4, -0.2) is 23.3 Å². The molecule has 27 heavy (non-hydrogen) atoms. The summed E-state index contributed by atoms with van der Waals surface area (Å²) < 4.78 is 39.6. The van der Waals surface area contributed by atoms with E-state index < -0.39 is 29.3 Å². The molecular formula is C20H19F3N2O2. The summed E-state index contributed by atoms with van der Waals surface area (Å²) in [5.41, 5.74) is 1.06. The lowest BCUT2D eigenvalue weighted by Gasteiger charge is -2.31. The van der Waals surface area contributed by atoms with E-state index in [0.29, 0.717) is 30.5 Å². The van der Waals surface area contributed by atoms with Crippen molar-refractivity contribution in [2.75, 3.05) is 6.54 Å². The van der Waals surface area contributed by atoms with Crippen LogP contribution in [0.3, 0.4) is 0 Å². The SMILES string of the molecule is O=C(NCc1cccc(F)c1)C1CCCN(Cc2ccc(F)c(F)c2)C1=O. The van der Waals surface area contributed by atoms with Crippen molar-refractivity contribution < 1.29 is 22.8 Å². The van der Waals surface area contributed by atoms with Crippen LogP contribution in [0.15, 0.2) is 42.5 Å². The molecule has 2 aromatic rings. The Balaban J connectivity index is 1.61. The number of likely N-dealkylation sites (tertiary alicyclic amines) is 1. The van der Waals surface area contributed by atoms with Crippen molar-refractivity contribution in [3.8, 4) is 0 Å². The van der Waals surface area contributed by atoms with Crippen LogP contribution >= 0.6 is 0 Å². The normalized spacial score (nSPS) is 17.1. The molecule has 1 saturated heterocycles. The molecule has 2 aromatic carbocycles. The molecule has 0 aromatic heterocycles. The van der Waals surface area contributed by atoms with Crippen molar-refractivity contribution in [3.05, 3.63) is 71.0 Å². The Hall–Kier alpha value is -2.83. The first kappa shape index (κ1) is 18.9. The first-order valence-electron chi connectivity index (χ1n) is 8.69. The topological polar surface area (TPSA) is 49.4 Å². The van der Waals surface area contributed by atoms with Gasteiger partial charge >= 0.3 is 0 Å². The van der Waals surface area contributed by atoms with Gasteiger partial charge in [-0.2, -0.15) is 0 Å². The highest BCUT2D eigenvalue weighted by Crippen LogP contribution is 2.21. The number of nitrogens with one attached hydrogen (secondary N) is 1. The lowest BCUT2D eigenvalue weighted by Crippen LogP contribution is -2.47. The molecular weight excluding hydrogens is 357 g/mol. The van der Waals surface area contributed by atoms with Crippen molar-refractivity contribution in [1.29, 1.82) is 0 Å². The third-order valence-corrected chi connectivity index (χ3v) is 4.56. The highest BCUT2D eigenvalue weighted by atomic mass is 19.2. The van der Waals surface area contributed by atoms with E-state index >= 15 is 0 Å². The molecule has 1 aliphatic rings. The van der Waals surface area contributed by atoms with E-state index in [0.717, 1.165) is 12.1 Å². The monoisotopic (exact) mass is 376 g/mol. The van der Waals surface area contributed by atoms with Crippen LogP contribution in [0.5, 0.6) is 0 Å². The third-order valence-electron chi connectivity index (χ3n) is 4.56. The van der Waals surface area contributed by atoms with E-state index in [1.807, 2.05) is 0 Å². The van der Waals surface area contributed by atoms with Gasteiger partial charge in [-0.3, -0.25) is 9.59 Å². The van der Waals surface area contributed by atoms with Crippen molar-refractivity contribution in [3.63, 3.8) is 0 Å². The van der Waals surface area contributed by atoms with E-state index in [1.165, 1.54) is 23.1 Å². The molecule has 7 heteroatoms. The number of carbonyl (C=O) groups is 2. The number of rotatable bonds is 5. The van der Waals surface area contributed by atoms with Crippen molar-refractivity contribution in [1.82, 2.24) is 10.2 Å². The summed E-state index contributed by atoms with van der Waals surface area (Å²) in [4.78, 5) is 26.5. The minimum Gasteiger partial charge on any atom is -0.351 e. The Labute approximate surface area is 155 Å². The predicted molar refractivity (Wildman–Crippen MR) is 92.7 cm³/mol. The second-order valence-electron chi connectivity index (χ2n) is 6.55. The van der Waals surface area contributed by atoms with Gasteiger partial charge in [0.15, 0.2) is 11.6 Å². The molecule has 142 valence electrons. The Kier molecular flexibility index (Phi) is 5.78. The molecule has 0 spiro atoms. The number of carbonyl (C=O) groups excluding carboxylic acids is 2. The molecule has 1 aliphatic heterocycles. The maximum absolute atomic E-state index is 13.4. The van der Waals surface area contributed by atoms with E-state index in [1.54, 1.807) is 12.1 Å². The van der Waals surface area contributed by atoms with Crippen LogP contribution in [0.4, 0.5) is 13.2 Å². The summed E-state index contributed by atoms with van der Waals surface area (Å²) in [6.45, 7) is 0.693. The van der Waals surface area contributed by atoms with Gasteiger partial charge < -0.3 is 10.2 Å². The highest BCUT2D eigenvalue weighted by molar-refractivity contribution is 6.00. The van der Waals surface area contributed by atoms with Crippen LogP contribution in [0.25, 0.3) is 0 Å². The van der Waals surface area contributed by atoms with E-state index in [-0.39, 0.29) is 19.0 Å². The molecule has 1 atom stereocenters. The van der Waals surface area contributed by atoms with Gasteiger partial charge in [-0.05, 0) is 48.2 Å². The number of halogens is 3. The largest absolute Gasteiger partial charge is 0.351 e. The molecule has 1 N–H and O–H groups in total. The standard InChI is InChI=1S/C20H19F3N2O2/c21-15-4-1-3-13(9-15)11-24-19(26)16-5-2-8-25(20(16)27)12-14-6-7-17(22)18(23)10-14/h1,3-4,6-7,9-10,16H,2,5,8,11-12H2,(H,24,26). The molecule has 0 bridgehead atoms. The van der Waals surface area contributed by atoms with Gasteiger partial charge in [0.05, 0.1) is 0 Å². The zero-order chi connectivity index (χ0) is 19.4. The van der Waals surface area contributed by atoms with Crippen LogP contribution in [-0.2, 0) is 22.7 Å². The van der Waals surface area contributed by atoms with Crippen LogP contribution in [0.2, 0.25) is 0 Å². The molecule has 3 rings (SSSR count). The fourth-order valence-corrected chi connectivity index (χ4v) is 3.16. The average Bonchev–Trinajstić information content (AvgIpc) is 2.64. The number of amides is 2. The fraction of sp³-hybridized carbons (Fsp3) is 0.300. The summed E-state index contributed by atoms with van der Waals surface area (Å²) in [5.74, 6) is -3.91. The van der Waals surface area contributed by atoms with Crippen LogP contribution < -0.4 is 5.32 Å². The third kappa shape index (κ3) is 4.67. The second kappa shape index (κ2) is 8.24. The summed E-state index contributed by atoms with van der Waals surface area (Å²) >= 11 is 0. The van der Waals surface area contributed by atoms with Gasteiger partial charge in [0.25, 0.3) is 0 Å². The number of nitrogens with zero attached hydrogens (tertiary/aromatic N) is 1. The van der Waals surface area contributed by atoms with Crippen LogP contribution in [0, 0.1) is 23.4 Å². The number of hydrogen-bond donors (Lipinski definition) is 1. The van der Waals surface area contributed by atoms with Gasteiger partial charge in [0.2, 0.25) is 11.8 Å². The van der Waals surface area contributed by atoms with Crippen LogP contribution in [0.1, 0.15) is 24.0 Å². The Morgan fingerprint density at radius 2 is 1.89 bits per heavy atom. The van der Waals surface area contributed by atoms with E-state index in [2.05, 4.69) is 5.32 Å². The van der Waals surface area contributed by atoms with Gasteiger partial charge in [-0.15, -0.1) is 0 Å². The van der Waals surface area contributed by atoms with Crippen molar-refractivity contribution in [2.45, 2.75) is 25.9 Å². The predicted octanol–water partition coefficient (Wildman–Crippen LogP) is 3.16. The quantitative estimate of drug-likeness (QED) is 0.815. The summed E-state index contributed by atoms with van der Waals surface area (Å²) in [7, 11) is 0. The Morgan fingerprint density at radius 3 is 2.63 bits per heavy atom. The molecule has 2 amide bonds. The minimum atomic E-state index is -0.971. The van der Waals surface area contributed by atoms with Gasteiger partial charge in [0.1, 0.15) is 11.7 Å². The molecule has 0 saturated carbocycles. The van der Waals surface area contributed by atoms with E-state index in [9.17, 15) is 22.8 Å². The first-order valence-corrected chi connectivity index (χ1v) is 8.69. The van der Waals surface area contributed by atoms with Crippen molar-refractivity contribution >= 4 is 11.8 Å². The highest BCUT2D eigenvalue weighted by Gasteiger charge is 2.34. The molecule has 1 unspecified atom stereocenters. The van der Waals surface area contributed by atoms with Crippen molar-refractivity contribution in [2.24, 2.45) is 5.92 Å². The Bertz CT molecular complexity index is 857. The smallest absolute Gasteiger partial charge is 0.235 e. The summed E-state index contributed by atoms with van der Waals surface area (Å²) in [6, 6.07) is 9.34. The maximum Gasteiger partial charge on any atom is 0.235 e. The van der Waals surface area contributed by atoms with E-state index in [4.69, 9.17) is 0 Å². The lowest BCUT2D eigenvalue weighted by atomic mass is 9.95. The Morgan fingerprint density at radius 1 is 1.07 bits per heavy atom. The number of hydrogen-bond acceptors (Lipinski definition) is 2. The molecule has 1 heterocycles. The van der Waals surface area contributed by atoms with Gasteiger partial charge in [-0.25, -0.2) is 13.2 Å². The first-order chi connectivity index (χ1) is 12.9. The minimum absolute atomic E-state index is 0.115. The molecule has 0 aliphatic carbocycles. The van der Waals surface area contributed by atoms with Gasteiger partial charge in [-0.1, -0.05) is 18.2 Å². The number of piperidine rings is 1. The summed E-state index contributed by atoms with van der Waals surface area (Å²) in [5, 5.41) is 2.66. The summed E-state index contributed by atoms with van der Waals surface area (Å²) in [6.07, 6.45) is 1.05. The zero-order valence-electron chi connectivity index (χ0n) is 14.6.